The molecule has 10 aromatic carbocycles. The highest BCUT2D eigenvalue weighted by molar-refractivity contribution is 6.13. The van der Waals surface area contributed by atoms with Crippen LogP contribution in [-0.2, 0) is 0 Å². The molecule has 12 aromatic rings. The number of aromatic nitrogens is 2. The predicted molar refractivity (Wildman–Crippen MR) is 267 cm³/mol. The summed E-state index contributed by atoms with van der Waals surface area (Å²) >= 11 is 0. The van der Waals surface area contributed by atoms with Gasteiger partial charge in [-0.2, -0.15) is 0 Å². The number of hydrogen-bond donors (Lipinski definition) is 0. The number of benzene rings is 10. The van der Waals surface area contributed by atoms with E-state index in [9.17, 15) is 0 Å². The minimum absolute atomic E-state index is 0.0643. The van der Waals surface area contributed by atoms with Crippen molar-refractivity contribution in [3.8, 4) is 67.0 Å². The molecule has 0 bridgehead atoms. The Hall–Kier alpha value is -8.34. The second-order valence-electron chi connectivity index (χ2n) is 16.8. The normalized spacial score (nSPS) is 11.6. The molecule has 12 rings (SSSR count). The van der Waals surface area contributed by atoms with Crippen LogP contribution in [0.2, 0.25) is 0 Å². The molecule has 0 saturated heterocycles. The Labute approximate surface area is 375 Å². The third kappa shape index (κ3) is 6.37. The van der Waals surface area contributed by atoms with Crippen LogP contribution in [0.25, 0.3) is 111 Å². The van der Waals surface area contributed by atoms with Crippen molar-refractivity contribution >= 4 is 43.6 Å². The predicted octanol–water partition coefficient (Wildman–Crippen LogP) is 16.8. The summed E-state index contributed by atoms with van der Waals surface area (Å²) in [7, 11) is 0. The maximum Gasteiger partial charge on any atom is 0.134 e. The maximum atomic E-state index is 16.4. The SMILES string of the molecule is Cc1c(-n2c3cc(-c4ccccc4)ccc3c3ccc(-c4ccccc4)cc32)ccc(-c2c(F)cccc2F)c1-n1c2cc(-c3ccccc3)ccc2c2ccc(-c3ccccc3)cc21. The molecule has 2 nitrogen and oxygen atoms in total. The highest BCUT2D eigenvalue weighted by atomic mass is 19.1. The van der Waals surface area contributed by atoms with Crippen molar-refractivity contribution in [2.75, 3.05) is 0 Å². The van der Waals surface area contributed by atoms with Crippen molar-refractivity contribution in [2.45, 2.75) is 6.92 Å². The lowest BCUT2D eigenvalue weighted by Crippen LogP contribution is -2.07. The molecule has 0 radical (unpaired) electrons. The summed E-state index contributed by atoms with van der Waals surface area (Å²) in [5, 5.41) is 4.31. The summed E-state index contributed by atoms with van der Waals surface area (Å²) in [4.78, 5) is 0. The van der Waals surface area contributed by atoms with Gasteiger partial charge in [-0.15, -0.1) is 0 Å². The Morgan fingerprint density at radius 3 is 1.00 bits per heavy atom. The van der Waals surface area contributed by atoms with Crippen LogP contribution in [0, 0.1) is 18.6 Å². The Morgan fingerprint density at radius 1 is 0.308 bits per heavy atom. The highest BCUT2D eigenvalue weighted by Gasteiger charge is 2.26. The zero-order valence-corrected chi connectivity index (χ0v) is 35.5. The lowest BCUT2D eigenvalue weighted by molar-refractivity contribution is 0.589. The summed E-state index contributed by atoms with van der Waals surface area (Å²) in [6.45, 7) is 2.10. The Balaban J connectivity index is 1.23. The van der Waals surface area contributed by atoms with Crippen LogP contribution >= 0.6 is 0 Å². The monoisotopic (exact) mass is 838 g/mol. The summed E-state index contributed by atoms with van der Waals surface area (Å²) in [6, 6.07) is 76.2. The molecule has 4 heteroatoms. The third-order valence-electron chi connectivity index (χ3n) is 13.1. The van der Waals surface area contributed by atoms with Crippen molar-refractivity contribution in [3.05, 3.63) is 242 Å². The van der Waals surface area contributed by atoms with Crippen LogP contribution in [0.15, 0.2) is 224 Å². The molecule has 65 heavy (non-hydrogen) atoms. The van der Waals surface area contributed by atoms with Crippen LogP contribution in [0.1, 0.15) is 5.56 Å². The largest absolute Gasteiger partial charge is 0.309 e. The molecular weight excluding hydrogens is 799 g/mol. The Morgan fingerprint density at radius 2 is 0.646 bits per heavy atom. The first-order valence-electron chi connectivity index (χ1n) is 22.0. The molecule has 0 N–H and O–H groups in total. The number of rotatable bonds is 7. The van der Waals surface area contributed by atoms with Gasteiger partial charge in [0, 0.05) is 27.1 Å². The van der Waals surface area contributed by atoms with Gasteiger partial charge in [-0.25, -0.2) is 8.78 Å². The van der Waals surface area contributed by atoms with E-state index in [4.69, 9.17) is 0 Å². The van der Waals surface area contributed by atoms with Gasteiger partial charge >= 0.3 is 0 Å². The molecule has 0 aliphatic rings. The van der Waals surface area contributed by atoms with Crippen LogP contribution in [-0.4, -0.2) is 9.13 Å². The second-order valence-corrected chi connectivity index (χ2v) is 16.8. The lowest BCUT2D eigenvalue weighted by Gasteiger charge is -2.22. The van der Waals surface area contributed by atoms with Crippen molar-refractivity contribution in [2.24, 2.45) is 0 Å². The average Bonchev–Trinajstić information content (AvgIpc) is 3.86. The number of nitrogens with zero attached hydrogens (tertiary/aromatic N) is 2. The van der Waals surface area contributed by atoms with E-state index in [0.717, 1.165) is 99.4 Å². The van der Waals surface area contributed by atoms with Crippen LogP contribution < -0.4 is 0 Å². The van der Waals surface area contributed by atoms with Crippen LogP contribution in [0.4, 0.5) is 8.78 Å². The van der Waals surface area contributed by atoms with Crippen molar-refractivity contribution in [3.63, 3.8) is 0 Å². The molecule has 0 aliphatic heterocycles. The van der Waals surface area contributed by atoms with Gasteiger partial charge in [0.2, 0.25) is 0 Å². The fourth-order valence-electron chi connectivity index (χ4n) is 9.96. The number of fused-ring (bicyclic) bond motifs is 6. The molecule has 308 valence electrons. The minimum atomic E-state index is -0.619. The summed E-state index contributed by atoms with van der Waals surface area (Å²) in [5.74, 6) is -1.24. The van der Waals surface area contributed by atoms with E-state index in [2.05, 4.69) is 162 Å². The summed E-state index contributed by atoms with van der Waals surface area (Å²) < 4.78 is 37.5. The summed E-state index contributed by atoms with van der Waals surface area (Å²) in [6.07, 6.45) is 0. The zero-order chi connectivity index (χ0) is 43.6. The highest BCUT2D eigenvalue weighted by Crippen LogP contribution is 2.45. The standard InChI is InChI=1S/C61H40F2N2/c1-39-55(64-56-35-44(40-15-6-2-7-16-40)25-29-48(56)49-30-26-45(36-57(49)64)41-17-8-3-9-18-41)34-33-52(60-53(62)23-14-24-54(60)63)61(39)65-58-37-46(42-19-10-4-11-20-42)27-31-50(58)51-32-28-47(38-59(51)65)43-21-12-5-13-22-43/h2-38H,1H3. The lowest BCUT2D eigenvalue weighted by atomic mass is 9.97. The van der Waals surface area contributed by atoms with Gasteiger partial charge in [0.25, 0.3) is 0 Å². The number of hydrogen-bond acceptors (Lipinski definition) is 0. The fourth-order valence-corrected chi connectivity index (χ4v) is 9.96. The molecule has 0 fully saturated rings. The van der Waals surface area contributed by atoms with E-state index in [1.54, 1.807) is 0 Å². The van der Waals surface area contributed by atoms with E-state index in [1.165, 1.54) is 18.2 Å². The quantitative estimate of drug-likeness (QED) is 0.151. The Bertz CT molecular complexity index is 3560. The van der Waals surface area contributed by atoms with E-state index in [1.807, 2.05) is 60.7 Å². The zero-order valence-electron chi connectivity index (χ0n) is 35.5. The molecule has 0 amide bonds. The smallest absolute Gasteiger partial charge is 0.134 e. The van der Waals surface area contributed by atoms with Crippen molar-refractivity contribution in [1.82, 2.24) is 9.13 Å². The van der Waals surface area contributed by atoms with Crippen molar-refractivity contribution in [1.29, 1.82) is 0 Å². The van der Waals surface area contributed by atoms with Gasteiger partial charge in [-0.1, -0.05) is 176 Å². The third-order valence-corrected chi connectivity index (χ3v) is 13.1. The first kappa shape index (κ1) is 38.3. The molecule has 0 aliphatic carbocycles. The van der Waals surface area contributed by atoms with Gasteiger partial charge < -0.3 is 9.13 Å². The van der Waals surface area contributed by atoms with Crippen LogP contribution in [0.5, 0.6) is 0 Å². The van der Waals surface area contributed by atoms with E-state index >= 15 is 8.78 Å². The maximum absolute atomic E-state index is 16.4. The minimum Gasteiger partial charge on any atom is -0.309 e. The fraction of sp³-hybridized carbons (Fsp3) is 0.0164. The molecule has 0 saturated carbocycles. The van der Waals surface area contributed by atoms with Gasteiger partial charge in [0.1, 0.15) is 11.6 Å². The molecule has 2 heterocycles. The number of halogens is 2. The molecule has 2 aromatic heterocycles. The first-order chi connectivity index (χ1) is 32.0. The molecule has 0 spiro atoms. The molecule has 0 atom stereocenters. The van der Waals surface area contributed by atoms with E-state index in [0.29, 0.717) is 11.3 Å². The molecular formula is C61H40F2N2. The van der Waals surface area contributed by atoms with Gasteiger partial charge in [-0.05, 0) is 106 Å². The first-order valence-corrected chi connectivity index (χ1v) is 22.0. The summed E-state index contributed by atoms with van der Waals surface area (Å²) in [5.41, 5.74) is 15.5. The molecule has 0 unspecified atom stereocenters. The topological polar surface area (TPSA) is 9.86 Å². The van der Waals surface area contributed by atoms with E-state index in [-0.39, 0.29) is 5.56 Å². The Kier molecular flexibility index (Phi) is 9.13. The van der Waals surface area contributed by atoms with E-state index < -0.39 is 11.6 Å². The average molecular weight is 839 g/mol. The van der Waals surface area contributed by atoms with Crippen LogP contribution in [0.3, 0.4) is 0 Å². The second kappa shape index (κ2) is 15.5. The van der Waals surface area contributed by atoms with Gasteiger partial charge in [-0.3, -0.25) is 0 Å². The van der Waals surface area contributed by atoms with Crippen molar-refractivity contribution < 1.29 is 8.78 Å². The van der Waals surface area contributed by atoms with Gasteiger partial charge in [0.05, 0.1) is 39.0 Å². The van der Waals surface area contributed by atoms with Gasteiger partial charge in [0.15, 0.2) is 0 Å².